The van der Waals surface area contributed by atoms with Crippen molar-refractivity contribution in [3.63, 3.8) is 0 Å². The Labute approximate surface area is 146 Å². The van der Waals surface area contributed by atoms with E-state index in [0.717, 1.165) is 36.0 Å². The highest BCUT2D eigenvalue weighted by atomic mass is 32.1. The molecule has 6 heteroatoms. The number of aromatic nitrogens is 2. The number of carbonyl (C=O) groups excluding carboxylic acids is 1. The summed E-state index contributed by atoms with van der Waals surface area (Å²) in [6.45, 7) is 5.61. The molecule has 5 nitrogen and oxygen atoms in total. The fraction of sp³-hybridized carbons (Fsp3) is 0.556. The molecule has 2 aromatic rings. The Hall–Kier alpha value is -1.66. The second-order valence-corrected chi connectivity index (χ2v) is 7.78. The Bertz CT molecular complexity index is 688. The Morgan fingerprint density at radius 2 is 2.04 bits per heavy atom. The van der Waals surface area contributed by atoms with Crippen molar-refractivity contribution < 1.29 is 4.79 Å². The SMILES string of the molecule is O=C(Cc1cccs1)N1CCn2cc(CN3CCCCC3)nc2C1. The van der Waals surface area contributed by atoms with E-state index in [9.17, 15) is 4.79 Å². The third kappa shape index (κ3) is 3.54. The number of fused-ring (bicyclic) bond motifs is 1. The van der Waals surface area contributed by atoms with Crippen LogP contribution in [-0.4, -0.2) is 44.9 Å². The number of rotatable bonds is 4. The Kier molecular flexibility index (Phi) is 4.67. The van der Waals surface area contributed by atoms with Crippen molar-refractivity contribution >= 4 is 17.2 Å². The summed E-state index contributed by atoms with van der Waals surface area (Å²) in [7, 11) is 0. The molecule has 24 heavy (non-hydrogen) atoms. The van der Waals surface area contributed by atoms with Gasteiger partial charge in [0, 0.05) is 30.7 Å². The molecule has 0 aromatic carbocycles. The summed E-state index contributed by atoms with van der Waals surface area (Å²) in [4.78, 5) is 22.9. The van der Waals surface area contributed by atoms with E-state index in [-0.39, 0.29) is 5.91 Å². The van der Waals surface area contributed by atoms with Crippen molar-refractivity contribution in [1.29, 1.82) is 0 Å². The molecule has 1 amide bonds. The van der Waals surface area contributed by atoms with E-state index in [4.69, 9.17) is 4.98 Å². The second kappa shape index (κ2) is 7.07. The van der Waals surface area contributed by atoms with Gasteiger partial charge in [-0.05, 0) is 37.4 Å². The number of thiophene rings is 1. The average molecular weight is 344 g/mol. The minimum Gasteiger partial charge on any atom is -0.333 e. The molecule has 0 radical (unpaired) electrons. The number of carbonyl (C=O) groups is 1. The van der Waals surface area contributed by atoms with Crippen LogP contribution in [0.25, 0.3) is 0 Å². The maximum atomic E-state index is 12.5. The highest BCUT2D eigenvalue weighted by Crippen LogP contribution is 2.18. The second-order valence-electron chi connectivity index (χ2n) is 6.75. The molecule has 2 aromatic heterocycles. The van der Waals surface area contributed by atoms with Crippen LogP contribution in [0.15, 0.2) is 23.7 Å². The predicted molar refractivity (Wildman–Crippen MR) is 94.8 cm³/mol. The molecule has 4 heterocycles. The highest BCUT2D eigenvalue weighted by molar-refractivity contribution is 7.10. The lowest BCUT2D eigenvalue weighted by atomic mass is 10.1. The molecule has 128 valence electrons. The van der Waals surface area contributed by atoms with Crippen LogP contribution in [0, 0.1) is 0 Å². The molecule has 4 rings (SSSR count). The number of likely N-dealkylation sites (tertiary alicyclic amines) is 1. The first kappa shape index (κ1) is 15.8. The van der Waals surface area contributed by atoms with Gasteiger partial charge in [-0.1, -0.05) is 12.5 Å². The number of piperidine rings is 1. The lowest BCUT2D eigenvalue weighted by Crippen LogP contribution is -2.39. The zero-order valence-corrected chi connectivity index (χ0v) is 14.8. The van der Waals surface area contributed by atoms with Gasteiger partial charge in [0.15, 0.2) is 0 Å². The van der Waals surface area contributed by atoms with E-state index in [1.807, 2.05) is 22.4 Å². The van der Waals surface area contributed by atoms with Gasteiger partial charge < -0.3 is 9.47 Å². The molecule has 1 fully saturated rings. The van der Waals surface area contributed by atoms with Crippen molar-refractivity contribution in [3.8, 4) is 0 Å². The molecule has 0 bridgehead atoms. The summed E-state index contributed by atoms with van der Waals surface area (Å²) in [5.41, 5.74) is 1.15. The molecule has 0 spiro atoms. The molecule has 0 atom stereocenters. The van der Waals surface area contributed by atoms with Gasteiger partial charge >= 0.3 is 0 Å². The number of amides is 1. The third-order valence-corrected chi connectivity index (χ3v) is 5.82. The van der Waals surface area contributed by atoms with E-state index < -0.39 is 0 Å². The smallest absolute Gasteiger partial charge is 0.228 e. The van der Waals surface area contributed by atoms with Crippen LogP contribution >= 0.6 is 11.3 Å². The summed E-state index contributed by atoms with van der Waals surface area (Å²) in [5, 5.41) is 2.03. The predicted octanol–water partition coefficient (Wildman–Crippen LogP) is 2.52. The van der Waals surface area contributed by atoms with Crippen LogP contribution < -0.4 is 0 Å². The summed E-state index contributed by atoms with van der Waals surface area (Å²) in [5.74, 6) is 1.25. The van der Waals surface area contributed by atoms with Crippen molar-refractivity contribution in [1.82, 2.24) is 19.4 Å². The number of hydrogen-bond acceptors (Lipinski definition) is 4. The van der Waals surface area contributed by atoms with Gasteiger partial charge in [-0.15, -0.1) is 11.3 Å². The largest absolute Gasteiger partial charge is 0.333 e. The van der Waals surface area contributed by atoms with Crippen molar-refractivity contribution in [2.24, 2.45) is 0 Å². The van der Waals surface area contributed by atoms with Crippen molar-refractivity contribution in [2.45, 2.75) is 45.3 Å². The summed E-state index contributed by atoms with van der Waals surface area (Å²) in [6.07, 6.45) is 6.67. The zero-order valence-electron chi connectivity index (χ0n) is 14.0. The summed E-state index contributed by atoms with van der Waals surface area (Å²) in [6, 6.07) is 4.03. The van der Waals surface area contributed by atoms with E-state index >= 15 is 0 Å². The van der Waals surface area contributed by atoms with Crippen LogP contribution in [0.3, 0.4) is 0 Å². The topological polar surface area (TPSA) is 41.4 Å². The van der Waals surface area contributed by atoms with E-state index in [0.29, 0.717) is 13.0 Å². The molecule has 2 aliphatic rings. The van der Waals surface area contributed by atoms with Gasteiger partial charge in [0.1, 0.15) is 5.82 Å². The first-order chi connectivity index (χ1) is 11.8. The first-order valence-corrected chi connectivity index (χ1v) is 9.73. The summed E-state index contributed by atoms with van der Waals surface area (Å²) < 4.78 is 2.23. The van der Waals surface area contributed by atoms with Crippen molar-refractivity contribution in [2.75, 3.05) is 19.6 Å². The van der Waals surface area contributed by atoms with Crippen LogP contribution in [0.4, 0.5) is 0 Å². The number of nitrogens with zero attached hydrogens (tertiary/aromatic N) is 4. The zero-order chi connectivity index (χ0) is 16.4. The van der Waals surface area contributed by atoms with Crippen LogP contribution in [0.5, 0.6) is 0 Å². The molecule has 0 unspecified atom stereocenters. The van der Waals surface area contributed by atoms with Gasteiger partial charge in [-0.3, -0.25) is 9.69 Å². The summed E-state index contributed by atoms with van der Waals surface area (Å²) >= 11 is 1.65. The number of imidazole rings is 1. The Morgan fingerprint density at radius 3 is 2.83 bits per heavy atom. The maximum absolute atomic E-state index is 12.5. The van der Waals surface area contributed by atoms with Gasteiger partial charge in [0.25, 0.3) is 0 Å². The molecule has 0 N–H and O–H groups in total. The lowest BCUT2D eigenvalue weighted by Gasteiger charge is -2.27. The average Bonchev–Trinajstić information content (AvgIpc) is 3.24. The fourth-order valence-corrected chi connectivity index (χ4v) is 4.32. The fourth-order valence-electron chi connectivity index (χ4n) is 3.62. The quantitative estimate of drug-likeness (QED) is 0.856. The van der Waals surface area contributed by atoms with Gasteiger partial charge in [0.05, 0.1) is 18.7 Å². The Morgan fingerprint density at radius 1 is 1.17 bits per heavy atom. The minimum atomic E-state index is 0.212. The molecule has 0 saturated carbocycles. The standard InChI is InChI=1S/C18H24N4OS/c23-18(11-16-5-4-10-24-16)22-9-8-21-13-15(19-17(21)14-22)12-20-6-2-1-3-7-20/h4-5,10,13H,1-3,6-9,11-12,14H2. The molecule has 0 aliphatic carbocycles. The van der Waals surface area contributed by atoms with Gasteiger partial charge in [0.2, 0.25) is 5.91 Å². The molecule has 1 saturated heterocycles. The highest BCUT2D eigenvalue weighted by Gasteiger charge is 2.23. The van der Waals surface area contributed by atoms with Crippen LogP contribution in [0.1, 0.15) is 35.7 Å². The first-order valence-electron chi connectivity index (χ1n) is 8.85. The molecular weight excluding hydrogens is 320 g/mol. The van der Waals surface area contributed by atoms with Crippen molar-refractivity contribution in [3.05, 3.63) is 40.1 Å². The minimum absolute atomic E-state index is 0.212. The monoisotopic (exact) mass is 344 g/mol. The normalized spacial score (nSPS) is 18.6. The molecular formula is C18H24N4OS. The number of hydrogen-bond donors (Lipinski definition) is 0. The van der Waals surface area contributed by atoms with Crippen LogP contribution in [0.2, 0.25) is 0 Å². The maximum Gasteiger partial charge on any atom is 0.228 e. The van der Waals surface area contributed by atoms with E-state index in [1.165, 1.54) is 32.4 Å². The van der Waals surface area contributed by atoms with Gasteiger partial charge in [-0.2, -0.15) is 0 Å². The van der Waals surface area contributed by atoms with Gasteiger partial charge in [-0.25, -0.2) is 4.98 Å². The van der Waals surface area contributed by atoms with E-state index in [2.05, 4.69) is 15.7 Å². The lowest BCUT2D eigenvalue weighted by molar-refractivity contribution is -0.131. The Balaban J connectivity index is 1.38. The van der Waals surface area contributed by atoms with Crippen LogP contribution in [-0.2, 0) is 30.8 Å². The third-order valence-electron chi connectivity index (χ3n) is 4.94. The van der Waals surface area contributed by atoms with E-state index in [1.54, 1.807) is 11.3 Å². The molecule has 2 aliphatic heterocycles.